The zero-order chi connectivity index (χ0) is 10.1. The number of amides is 1. The molecule has 1 aromatic carbocycles. The third-order valence-electron chi connectivity index (χ3n) is 2.15. The van der Waals surface area contributed by atoms with Crippen LogP contribution in [0.2, 0.25) is 0 Å². The molecule has 0 fully saturated rings. The fourth-order valence-corrected chi connectivity index (χ4v) is 1.35. The van der Waals surface area contributed by atoms with E-state index in [1.54, 1.807) is 0 Å². The van der Waals surface area contributed by atoms with Crippen LogP contribution in [0.5, 0.6) is 5.75 Å². The highest BCUT2D eigenvalue weighted by Crippen LogP contribution is 2.27. The molecule has 0 aliphatic carbocycles. The highest BCUT2D eigenvalue weighted by Gasteiger charge is 2.20. The lowest BCUT2D eigenvalue weighted by molar-refractivity contribution is -0.117. The first kappa shape index (κ1) is 9.02. The number of aryl methyl sites for hydroxylation is 1. The standard InChI is InChI=1S/C10H12N2O2/c1-6-2-3-9-8(4-6)12-10(13)7(11)5-14-9/h2-4,7H,5,11H2,1H3,(H,12,13). The van der Waals surface area contributed by atoms with Gasteiger partial charge in [-0.15, -0.1) is 0 Å². The molecule has 1 amide bonds. The quantitative estimate of drug-likeness (QED) is 0.634. The fraction of sp³-hybridized carbons (Fsp3) is 0.300. The van der Waals surface area contributed by atoms with Crippen LogP contribution in [0.1, 0.15) is 5.56 Å². The van der Waals surface area contributed by atoms with Gasteiger partial charge in [0.25, 0.3) is 0 Å². The van der Waals surface area contributed by atoms with Gasteiger partial charge in [0.1, 0.15) is 18.4 Å². The normalized spacial score (nSPS) is 20.4. The molecule has 2 rings (SSSR count). The van der Waals surface area contributed by atoms with Gasteiger partial charge in [-0.05, 0) is 24.6 Å². The minimum atomic E-state index is -0.595. The van der Waals surface area contributed by atoms with Crippen LogP contribution in [0, 0.1) is 6.92 Å². The molecule has 1 aromatic rings. The van der Waals surface area contributed by atoms with Crippen molar-refractivity contribution in [2.24, 2.45) is 5.73 Å². The van der Waals surface area contributed by atoms with Gasteiger partial charge in [-0.1, -0.05) is 6.07 Å². The van der Waals surface area contributed by atoms with Gasteiger partial charge in [-0.3, -0.25) is 4.79 Å². The summed E-state index contributed by atoms with van der Waals surface area (Å²) in [6.45, 7) is 2.18. The zero-order valence-corrected chi connectivity index (χ0v) is 7.91. The van der Waals surface area contributed by atoms with Gasteiger partial charge in [0.2, 0.25) is 5.91 Å². The van der Waals surface area contributed by atoms with Crippen molar-refractivity contribution in [2.75, 3.05) is 11.9 Å². The van der Waals surface area contributed by atoms with Crippen LogP contribution < -0.4 is 15.8 Å². The van der Waals surface area contributed by atoms with Crippen molar-refractivity contribution in [1.29, 1.82) is 0 Å². The molecule has 3 N–H and O–H groups in total. The van der Waals surface area contributed by atoms with Gasteiger partial charge in [-0.2, -0.15) is 0 Å². The van der Waals surface area contributed by atoms with Crippen LogP contribution in [0.15, 0.2) is 18.2 Å². The molecule has 0 saturated carbocycles. The maximum Gasteiger partial charge on any atom is 0.244 e. The summed E-state index contributed by atoms with van der Waals surface area (Å²) in [7, 11) is 0. The van der Waals surface area contributed by atoms with Gasteiger partial charge in [0.05, 0.1) is 5.69 Å². The van der Waals surface area contributed by atoms with E-state index < -0.39 is 6.04 Å². The molecule has 1 unspecified atom stereocenters. The summed E-state index contributed by atoms with van der Waals surface area (Å²) < 4.78 is 5.38. The van der Waals surface area contributed by atoms with Crippen molar-refractivity contribution < 1.29 is 9.53 Å². The molecule has 0 bridgehead atoms. The van der Waals surface area contributed by atoms with Crippen LogP contribution in [-0.2, 0) is 4.79 Å². The maximum absolute atomic E-state index is 11.4. The van der Waals surface area contributed by atoms with Crippen molar-refractivity contribution in [1.82, 2.24) is 0 Å². The molecule has 4 nitrogen and oxygen atoms in total. The van der Waals surface area contributed by atoms with Gasteiger partial charge >= 0.3 is 0 Å². The second-order valence-corrected chi connectivity index (χ2v) is 3.41. The molecule has 1 heterocycles. The molecule has 0 saturated heterocycles. The first-order valence-electron chi connectivity index (χ1n) is 4.47. The van der Waals surface area contributed by atoms with Crippen LogP contribution in [0.4, 0.5) is 5.69 Å². The largest absolute Gasteiger partial charge is 0.489 e. The minimum absolute atomic E-state index is 0.200. The predicted molar refractivity (Wildman–Crippen MR) is 53.3 cm³/mol. The number of rotatable bonds is 0. The van der Waals surface area contributed by atoms with Gasteiger partial charge < -0.3 is 15.8 Å². The predicted octanol–water partition coefficient (Wildman–Crippen LogP) is 0.653. The van der Waals surface area contributed by atoms with Gasteiger partial charge in [-0.25, -0.2) is 0 Å². The monoisotopic (exact) mass is 192 g/mol. The van der Waals surface area contributed by atoms with E-state index in [0.717, 1.165) is 5.56 Å². The lowest BCUT2D eigenvalue weighted by Crippen LogP contribution is -2.38. The third-order valence-corrected chi connectivity index (χ3v) is 2.15. The summed E-state index contributed by atoms with van der Waals surface area (Å²) in [4.78, 5) is 11.4. The van der Waals surface area contributed by atoms with E-state index in [4.69, 9.17) is 10.5 Å². The molecular formula is C10H12N2O2. The lowest BCUT2D eigenvalue weighted by atomic mass is 10.2. The van der Waals surface area contributed by atoms with Crippen molar-refractivity contribution in [3.63, 3.8) is 0 Å². The summed E-state index contributed by atoms with van der Waals surface area (Å²) >= 11 is 0. The summed E-state index contributed by atoms with van der Waals surface area (Å²) in [5, 5.41) is 2.72. The Bertz CT molecular complexity index is 376. The Kier molecular flexibility index (Phi) is 2.13. The van der Waals surface area contributed by atoms with E-state index in [2.05, 4.69) is 5.32 Å². The SMILES string of the molecule is Cc1ccc2c(c1)NC(=O)C(N)CO2. The van der Waals surface area contributed by atoms with Crippen LogP contribution in [0.3, 0.4) is 0 Å². The Morgan fingerprint density at radius 1 is 1.57 bits per heavy atom. The zero-order valence-electron chi connectivity index (χ0n) is 7.91. The summed E-state index contributed by atoms with van der Waals surface area (Å²) in [5.41, 5.74) is 7.33. The number of nitrogens with one attached hydrogen (secondary N) is 1. The molecule has 1 aliphatic heterocycles. The Morgan fingerprint density at radius 3 is 3.14 bits per heavy atom. The molecule has 0 spiro atoms. The second-order valence-electron chi connectivity index (χ2n) is 3.41. The van der Waals surface area contributed by atoms with Crippen LogP contribution >= 0.6 is 0 Å². The summed E-state index contributed by atoms with van der Waals surface area (Å²) in [6.07, 6.45) is 0. The molecule has 1 atom stereocenters. The number of benzene rings is 1. The summed E-state index contributed by atoms with van der Waals surface area (Å²) in [6, 6.07) is 5.04. The first-order chi connectivity index (χ1) is 6.66. The maximum atomic E-state index is 11.4. The molecule has 0 aromatic heterocycles. The van der Waals surface area contributed by atoms with Crippen molar-refractivity contribution in [3.8, 4) is 5.75 Å². The average Bonchev–Trinajstić information content (AvgIpc) is 2.27. The van der Waals surface area contributed by atoms with Crippen molar-refractivity contribution in [3.05, 3.63) is 23.8 Å². The molecule has 74 valence electrons. The van der Waals surface area contributed by atoms with E-state index in [9.17, 15) is 4.79 Å². The number of nitrogens with two attached hydrogens (primary N) is 1. The first-order valence-corrected chi connectivity index (χ1v) is 4.47. The molecule has 4 heteroatoms. The molecule has 1 aliphatic rings. The van der Waals surface area contributed by atoms with E-state index >= 15 is 0 Å². The highest BCUT2D eigenvalue weighted by atomic mass is 16.5. The Balaban J connectivity index is 2.38. The van der Waals surface area contributed by atoms with E-state index in [0.29, 0.717) is 11.4 Å². The summed E-state index contributed by atoms with van der Waals surface area (Å²) in [5.74, 6) is 0.478. The van der Waals surface area contributed by atoms with Gasteiger partial charge in [0, 0.05) is 0 Å². The number of carbonyl (C=O) groups is 1. The van der Waals surface area contributed by atoms with Crippen molar-refractivity contribution >= 4 is 11.6 Å². The molecular weight excluding hydrogens is 180 g/mol. The lowest BCUT2D eigenvalue weighted by Gasteiger charge is -2.06. The fourth-order valence-electron chi connectivity index (χ4n) is 1.35. The smallest absolute Gasteiger partial charge is 0.244 e. The topological polar surface area (TPSA) is 64.4 Å². The Labute approximate surface area is 82.1 Å². The number of hydrogen-bond donors (Lipinski definition) is 2. The minimum Gasteiger partial charge on any atom is -0.489 e. The van der Waals surface area contributed by atoms with E-state index in [-0.39, 0.29) is 12.5 Å². The van der Waals surface area contributed by atoms with E-state index in [1.165, 1.54) is 0 Å². The Hall–Kier alpha value is -1.55. The van der Waals surface area contributed by atoms with Crippen LogP contribution in [-0.4, -0.2) is 18.6 Å². The highest BCUT2D eigenvalue weighted by molar-refractivity contribution is 5.96. The van der Waals surface area contributed by atoms with Crippen LogP contribution in [0.25, 0.3) is 0 Å². The number of anilines is 1. The number of fused-ring (bicyclic) bond motifs is 1. The number of ether oxygens (including phenoxy) is 1. The Morgan fingerprint density at radius 2 is 2.36 bits per heavy atom. The number of carbonyl (C=O) groups excluding carboxylic acids is 1. The molecule has 0 radical (unpaired) electrons. The second kappa shape index (κ2) is 3.31. The third kappa shape index (κ3) is 1.56. The molecule has 14 heavy (non-hydrogen) atoms. The average molecular weight is 192 g/mol. The van der Waals surface area contributed by atoms with Gasteiger partial charge in [0.15, 0.2) is 0 Å². The number of hydrogen-bond acceptors (Lipinski definition) is 3. The van der Waals surface area contributed by atoms with Crippen molar-refractivity contribution in [2.45, 2.75) is 13.0 Å². The van der Waals surface area contributed by atoms with E-state index in [1.807, 2.05) is 25.1 Å².